The van der Waals surface area contributed by atoms with Gasteiger partial charge in [-0.05, 0) is 37.8 Å². The van der Waals surface area contributed by atoms with Crippen LogP contribution in [0, 0.1) is 16.0 Å². The summed E-state index contributed by atoms with van der Waals surface area (Å²) in [7, 11) is 0. The van der Waals surface area contributed by atoms with Crippen LogP contribution in [0.3, 0.4) is 0 Å². The van der Waals surface area contributed by atoms with Crippen LogP contribution in [0.25, 0.3) is 0 Å². The first-order valence-electron chi connectivity index (χ1n) is 6.70. The third-order valence-electron chi connectivity index (χ3n) is 2.89. The first kappa shape index (κ1) is 15.9. The van der Waals surface area contributed by atoms with Crippen molar-refractivity contribution in [3.8, 4) is 0 Å². The third kappa shape index (κ3) is 5.69. The van der Waals surface area contributed by atoms with Crippen LogP contribution in [0.4, 0.5) is 16.2 Å². The van der Waals surface area contributed by atoms with Crippen LogP contribution < -0.4 is 10.6 Å². The second-order valence-corrected chi connectivity index (χ2v) is 5.27. The number of hydrogen-bond acceptors (Lipinski definition) is 3. The van der Waals surface area contributed by atoms with E-state index in [0.717, 1.165) is 12.8 Å². The van der Waals surface area contributed by atoms with Gasteiger partial charge in [0.1, 0.15) is 0 Å². The Kier molecular flexibility index (Phi) is 5.96. The Hall–Kier alpha value is -2.11. The second kappa shape index (κ2) is 7.47. The van der Waals surface area contributed by atoms with Gasteiger partial charge in [-0.15, -0.1) is 0 Å². The zero-order valence-corrected chi connectivity index (χ0v) is 12.1. The minimum absolute atomic E-state index is 0.00117. The molecule has 2 amide bonds. The van der Waals surface area contributed by atoms with E-state index in [9.17, 15) is 14.9 Å². The van der Waals surface area contributed by atoms with Crippen molar-refractivity contribution in [1.82, 2.24) is 5.32 Å². The van der Waals surface area contributed by atoms with Crippen LogP contribution in [0.1, 0.15) is 33.6 Å². The molecule has 0 aliphatic carbocycles. The summed E-state index contributed by atoms with van der Waals surface area (Å²) < 4.78 is 0. The van der Waals surface area contributed by atoms with Crippen LogP contribution in [-0.2, 0) is 0 Å². The molecule has 0 fully saturated rings. The predicted molar refractivity (Wildman–Crippen MR) is 78.8 cm³/mol. The van der Waals surface area contributed by atoms with E-state index in [1.54, 1.807) is 0 Å². The van der Waals surface area contributed by atoms with E-state index in [4.69, 9.17) is 0 Å². The minimum Gasteiger partial charge on any atom is -0.335 e. The molecule has 1 unspecified atom stereocenters. The summed E-state index contributed by atoms with van der Waals surface area (Å²) >= 11 is 0. The number of benzene rings is 1. The standard InChI is InChI=1S/C14H21N3O3/c1-10(2)4-5-11(3)15-14(18)16-12-6-8-13(9-7-12)17(19)20/h6-11H,4-5H2,1-3H3,(H2,15,16,18). The maximum Gasteiger partial charge on any atom is 0.319 e. The van der Waals surface area contributed by atoms with Gasteiger partial charge in [0, 0.05) is 23.9 Å². The summed E-state index contributed by atoms with van der Waals surface area (Å²) in [6.45, 7) is 6.24. The van der Waals surface area contributed by atoms with E-state index in [2.05, 4.69) is 24.5 Å². The van der Waals surface area contributed by atoms with Crippen molar-refractivity contribution in [2.75, 3.05) is 5.32 Å². The normalized spacial score (nSPS) is 12.0. The number of urea groups is 1. The summed E-state index contributed by atoms with van der Waals surface area (Å²) in [5.41, 5.74) is 0.533. The molecule has 6 nitrogen and oxygen atoms in total. The second-order valence-electron chi connectivity index (χ2n) is 5.27. The molecule has 0 saturated heterocycles. The number of hydrogen-bond donors (Lipinski definition) is 2. The Morgan fingerprint density at radius 1 is 1.20 bits per heavy atom. The molecule has 20 heavy (non-hydrogen) atoms. The molecular formula is C14H21N3O3. The molecule has 0 saturated carbocycles. The maximum atomic E-state index is 11.7. The highest BCUT2D eigenvalue weighted by Gasteiger charge is 2.09. The first-order valence-corrected chi connectivity index (χ1v) is 6.70. The molecule has 0 spiro atoms. The van der Waals surface area contributed by atoms with Crippen molar-refractivity contribution in [3.05, 3.63) is 34.4 Å². The molecule has 1 atom stereocenters. The summed E-state index contributed by atoms with van der Waals surface area (Å²) in [4.78, 5) is 21.8. The summed E-state index contributed by atoms with van der Waals surface area (Å²) in [6, 6.07) is 5.54. The van der Waals surface area contributed by atoms with Crippen LogP contribution >= 0.6 is 0 Å². The highest BCUT2D eigenvalue weighted by atomic mass is 16.6. The molecule has 0 heterocycles. The highest BCUT2D eigenvalue weighted by molar-refractivity contribution is 5.89. The van der Waals surface area contributed by atoms with Gasteiger partial charge in [0.25, 0.3) is 5.69 Å². The Morgan fingerprint density at radius 2 is 1.80 bits per heavy atom. The van der Waals surface area contributed by atoms with Gasteiger partial charge in [0.2, 0.25) is 0 Å². The van der Waals surface area contributed by atoms with Gasteiger partial charge in [-0.2, -0.15) is 0 Å². The summed E-state index contributed by atoms with van der Waals surface area (Å²) in [5, 5.41) is 16.0. The van der Waals surface area contributed by atoms with Gasteiger partial charge in [-0.25, -0.2) is 4.79 Å². The largest absolute Gasteiger partial charge is 0.335 e. The molecule has 0 radical (unpaired) electrons. The van der Waals surface area contributed by atoms with Crippen molar-refractivity contribution >= 4 is 17.4 Å². The van der Waals surface area contributed by atoms with Gasteiger partial charge in [0.05, 0.1) is 4.92 Å². The van der Waals surface area contributed by atoms with Crippen molar-refractivity contribution in [2.24, 2.45) is 5.92 Å². The van der Waals surface area contributed by atoms with E-state index >= 15 is 0 Å². The molecule has 6 heteroatoms. The number of amides is 2. The molecule has 0 aromatic heterocycles. The molecule has 0 bridgehead atoms. The van der Waals surface area contributed by atoms with Crippen molar-refractivity contribution in [2.45, 2.75) is 39.7 Å². The number of nitrogens with zero attached hydrogens (tertiary/aromatic N) is 1. The molecular weight excluding hydrogens is 258 g/mol. The Labute approximate surface area is 118 Å². The quantitative estimate of drug-likeness (QED) is 0.617. The molecule has 0 aliphatic heterocycles. The molecule has 2 N–H and O–H groups in total. The topological polar surface area (TPSA) is 84.3 Å². The molecule has 1 rings (SSSR count). The fourth-order valence-corrected chi connectivity index (χ4v) is 1.71. The molecule has 110 valence electrons. The number of carbonyl (C=O) groups is 1. The lowest BCUT2D eigenvalue weighted by Gasteiger charge is -2.15. The van der Waals surface area contributed by atoms with E-state index in [1.807, 2.05) is 6.92 Å². The fourth-order valence-electron chi connectivity index (χ4n) is 1.71. The van der Waals surface area contributed by atoms with Gasteiger partial charge < -0.3 is 10.6 Å². The smallest absolute Gasteiger partial charge is 0.319 e. The van der Waals surface area contributed by atoms with Gasteiger partial charge >= 0.3 is 6.03 Å². The average molecular weight is 279 g/mol. The Bertz CT molecular complexity index is 457. The van der Waals surface area contributed by atoms with Gasteiger partial charge in [-0.3, -0.25) is 10.1 Å². The van der Waals surface area contributed by atoms with Gasteiger partial charge in [0.15, 0.2) is 0 Å². The van der Waals surface area contributed by atoms with E-state index in [-0.39, 0.29) is 17.8 Å². The summed E-state index contributed by atoms with van der Waals surface area (Å²) in [5.74, 6) is 0.608. The number of anilines is 1. The molecule has 0 aliphatic rings. The number of rotatable bonds is 6. The van der Waals surface area contributed by atoms with E-state index < -0.39 is 4.92 Å². The monoisotopic (exact) mass is 279 g/mol. The number of nitrogens with one attached hydrogen (secondary N) is 2. The molecule has 1 aromatic carbocycles. The molecule has 1 aromatic rings. The van der Waals surface area contributed by atoms with Crippen LogP contribution in [0.2, 0.25) is 0 Å². The van der Waals surface area contributed by atoms with Crippen LogP contribution in [-0.4, -0.2) is 17.0 Å². The zero-order valence-electron chi connectivity index (χ0n) is 12.1. The van der Waals surface area contributed by atoms with Crippen molar-refractivity contribution in [3.63, 3.8) is 0 Å². The van der Waals surface area contributed by atoms with E-state index in [1.165, 1.54) is 24.3 Å². The number of nitro groups is 1. The SMILES string of the molecule is CC(C)CCC(C)NC(=O)Nc1ccc([N+](=O)[O-])cc1. The Morgan fingerprint density at radius 3 is 2.30 bits per heavy atom. The number of carbonyl (C=O) groups excluding carboxylic acids is 1. The van der Waals surface area contributed by atoms with Crippen LogP contribution in [0.5, 0.6) is 0 Å². The summed E-state index contributed by atoms with van der Waals surface area (Å²) in [6.07, 6.45) is 1.98. The van der Waals surface area contributed by atoms with E-state index in [0.29, 0.717) is 11.6 Å². The van der Waals surface area contributed by atoms with Crippen LogP contribution in [0.15, 0.2) is 24.3 Å². The lowest BCUT2D eigenvalue weighted by molar-refractivity contribution is -0.384. The van der Waals surface area contributed by atoms with Crippen molar-refractivity contribution < 1.29 is 9.72 Å². The predicted octanol–water partition coefficient (Wildman–Crippen LogP) is 3.54. The first-order chi connectivity index (χ1) is 9.38. The minimum atomic E-state index is -0.474. The van der Waals surface area contributed by atoms with Gasteiger partial charge in [-0.1, -0.05) is 13.8 Å². The lowest BCUT2D eigenvalue weighted by Crippen LogP contribution is -2.36. The number of non-ortho nitro benzene ring substituents is 1. The fraction of sp³-hybridized carbons (Fsp3) is 0.500. The zero-order chi connectivity index (χ0) is 15.1. The Balaban J connectivity index is 2.43. The highest BCUT2D eigenvalue weighted by Crippen LogP contribution is 2.15. The third-order valence-corrected chi connectivity index (χ3v) is 2.89. The lowest BCUT2D eigenvalue weighted by atomic mass is 10.0. The average Bonchev–Trinajstić information content (AvgIpc) is 2.36. The number of nitro benzene ring substituents is 1. The maximum absolute atomic E-state index is 11.7. The van der Waals surface area contributed by atoms with Crippen molar-refractivity contribution in [1.29, 1.82) is 0 Å².